The van der Waals surface area contributed by atoms with Crippen molar-refractivity contribution in [3.63, 3.8) is 0 Å². The van der Waals surface area contributed by atoms with Gasteiger partial charge >= 0.3 is 225 Å². The number of nitrogens with zero attached hydrogens (tertiary/aromatic N) is 1. The summed E-state index contributed by atoms with van der Waals surface area (Å²) in [6.07, 6.45) is 5.07. The Kier molecular flexibility index (Phi) is 11.7. The number of amides is 1. The summed E-state index contributed by atoms with van der Waals surface area (Å²) in [6.45, 7) is 9.16. The van der Waals surface area contributed by atoms with Crippen LogP contribution in [0.4, 0.5) is 4.79 Å². The monoisotopic (exact) mass is 563 g/mol. The van der Waals surface area contributed by atoms with E-state index in [2.05, 4.69) is 6.92 Å². The fraction of sp³-hybridized carbons (Fsp3) is 0.483. The molecule has 216 valence electrons. The van der Waals surface area contributed by atoms with E-state index >= 15 is 0 Å². The average Bonchev–Trinajstić information content (AvgIpc) is 2.88. The van der Waals surface area contributed by atoms with Crippen molar-refractivity contribution in [2.45, 2.75) is 71.4 Å². The molecule has 1 amide bonds. The van der Waals surface area contributed by atoms with E-state index in [0.29, 0.717) is 24.5 Å². The molecule has 0 aliphatic carbocycles. The summed E-state index contributed by atoms with van der Waals surface area (Å²) in [5.41, 5.74) is -0.743. The van der Waals surface area contributed by atoms with E-state index in [4.69, 9.17) is 27.8 Å². The van der Waals surface area contributed by atoms with Gasteiger partial charge in [-0.3, -0.25) is 0 Å². The molecule has 3 rings (SSSR count). The molecule has 0 saturated heterocycles. The standard InChI is InChI=1S/C29H42NO8P/c1-5-6-20-33-21-14-13-15-24-22-34-23-27(30(24)28(31)35-29(2,3)4)38-39(32,36-25-16-9-7-10-17-25)37-26-18-11-8-12-19-26/h7-12,16-19,23-24,32,39H,5-6,13-15,20-22H2,1-4H3/t24-/m0/s1. The molecule has 1 aliphatic rings. The van der Waals surface area contributed by atoms with Gasteiger partial charge < -0.3 is 0 Å². The van der Waals surface area contributed by atoms with Crippen LogP contribution in [0.2, 0.25) is 0 Å². The maximum atomic E-state index is 13.4. The molecule has 1 aliphatic heterocycles. The summed E-state index contributed by atoms with van der Waals surface area (Å²) in [4.78, 5) is 26.4. The Morgan fingerprint density at radius 3 is 2.10 bits per heavy atom. The molecule has 0 unspecified atom stereocenters. The zero-order valence-corrected chi connectivity index (χ0v) is 24.3. The average molecular weight is 564 g/mol. The number of ether oxygens (including phenoxy) is 3. The second-order valence-corrected chi connectivity index (χ2v) is 11.9. The number of rotatable bonds is 14. The number of carbonyl (C=O) groups is 1. The van der Waals surface area contributed by atoms with Crippen molar-refractivity contribution in [2.75, 3.05) is 19.8 Å². The number of hydrogen-bond donors (Lipinski definition) is 1. The summed E-state index contributed by atoms with van der Waals surface area (Å²) in [7, 11) is -4.47. The van der Waals surface area contributed by atoms with Crippen LogP contribution < -0.4 is 9.05 Å². The van der Waals surface area contributed by atoms with Crippen LogP contribution in [0.1, 0.15) is 59.8 Å². The zero-order chi connectivity index (χ0) is 28.1. The molecule has 1 N–H and O–H groups in total. The molecule has 2 aromatic rings. The van der Waals surface area contributed by atoms with Crippen LogP contribution >= 0.6 is 8.17 Å². The van der Waals surface area contributed by atoms with Gasteiger partial charge in [-0.25, -0.2) is 0 Å². The first-order valence-corrected chi connectivity index (χ1v) is 15.2. The quantitative estimate of drug-likeness (QED) is 0.194. The molecular formula is C29H42NO8P. The van der Waals surface area contributed by atoms with E-state index in [0.717, 1.165) is 32.3 Å². The van der Waals surface area contributed by atoms with Crippen molar-refractivity contribution in [3.05, 3.63) is 72.8 Å². The molecular weight excluding hydrogens is 521 g/mol. The molecule has 2 aromatic carbocycles. The SMILES string of the molecule is CCCCOCCCC[C@H]1COC=C(O[PH](O)(Oc2ccccc2)Oc2ccccc2)N1C(=O)OC(C)(C)C. The van der Waals surface area contributed by atoms with Crippen molar-refractivity contribution in [1.82, 2.24) is 4.90 Å². The Morgan fingerprint density at radius 2 is 1.54 bits per heavy atom. The molecule has 10 heteroatoms. The maximum absolute atomic E-state index is 13.4. The predicted molar refractivity (Wildman–Crippen MR) is 151 cm³/mol. The van der Waals surface area contributed by atoms with Crippen LogP contribution in [0.5, 0.6) is 11.5 Å². The Balaban J connectivity index is 1.80. The van der Waals surface area contributed by atoms with E-state index in [1.54, 1.807) is 69.3 Å². The van der Waals surface area contributed by atoms with Gasteiger partial charge in [0.1, 0.15) is 0 Å². The Bertz CT molecular complexity index is 987. The summed E-state index contributed by atoms with van der Waals surface area (Å²) in [6, 6.07) is 17.1. The fourth-order valence-corrected chi connectivity index (χ4v) is 5.18. The van der Waals surface area contributed by atoms with Gasteiger partial charge in [0, 0.05) is 0 Å². The van der Waals surface area contributed by atoms with Crippen LogP contribution in [0.25, 0.3) is 0 Å². The number of hydrogen-bond acceptors (Lipinski definition) is 8. The predicted octanol–water partition coefficient (Wildman–Crippen LogP) is 6.99. The van der Waals surface area contributed by atoms with Crippen molar-refractivity contribution in [2.24, 2.45) is 0 Å². The van der Waals surface area contributed by atoms with E-state index in [1.807, 2.05) is 12.1 Å². The Hall–Kier alpha value is -3.00. The molecule has 0 spiro atoms. The fourth-order valence-electron chi connectivity index (χ4n) is 3.78. The van der Waals surface area contributed by atoms with Crippen LogP contribution in [0, 0.1) is 0 Å². The van der Waals surface area contributed by atoms with E-state index in [1.165, 1.54) is 11.2 Å². The number of unbranched alkanes of at least 4 members (excludes halogenated alkanes) is 2. The van der Waals surface area contributed by atoms with Crippen molar-refractivity contribution < 1.29 is 37.5 Å². The first-order chi connectivity index (χ1) is 18.7. The van der Waals surface area contributed by atoms with Gasteiger partial charge in [-0.15, -0.1) is 0 Å². The summed E-state index contributed by atoms with van der Waals surface area (Å²) in [5.74, 6) is 0.660. The molecule has 0 radical (unpaired) electrons. The first-order valence-electron chi connectivity index (χ1n) is 13.5. The second-order valence-electron chi connectivity index (χ2n) is 10.2. The van der Waals surface area contributed by atoms with E-state index in [9.17, 15) is 9.69 Å². The molecule has 9 nitrogen and oxygen atoms in total. The molecule has 1 atom stereocenters. The number of benzene rings is 2. The molecule has 1 heterocycles. The van der Waals surface area contributed by atoms with Gasteiger partial charge in [0.05, 0.1) is 0 Å². The third kappa shape index (κ3) is 10.6. The first kappa shape index (κ1) is 30.5. The van der Waals surface area contributed by atoms with Gasteiger partial charge in [0.25, 0.3) is 0 Å². The summed E-state index contributed by atoms with van der Waals surface area (Å²) < 4.78 is 34.8. The number of carbonyl (C=O) groups excluding carboxylic acids is 1. The van der Waals surface area contributed by atoms with Crippen molar-refractivity contribution in [3.8, 4) is 11.5 Å². The van der Waals surface area contributed by atoms with Gasteiger partial charge in [-0.1, -0.05) is 6.92 Å². The number of para-hydroxylation sites is 2. The summed E-state index contributed by atoms with van der Waals surface area (Å²) >= 11 is 0. The molecule has 39 heavy (non-hydrogen) atoms. The third-order valence-corrected chi connectivity index (χ3v) is 7.05. The zero-order valence-electron chi connectivity index (χ0n) is 23.3. The van der Waals surface area contributed by atoms with Gasteiger partial charge in [-0.05, 0) is 0 Å². The van der Waals surface area contributed by atoms with Crippen molar-refractivity contribution in [1.29, 1.82) is 0 Å². The second kappa shape index (κ2) is 15.0. The Morgan fingerprint density at radius 1 is 0.949 bits per heavy atom. The molecule has 0 aromatic heterocycles. The molecule has 0 fully saturated rings. The minimum absolute atomic E-state index is 0.0410. The van der Waals surface area contributed by atoms with Crippen LogP contribution in [0.3, 0.4) is 0 Å². The van der Waals surface area contributed by atoms with Crippen LogP contribution in [-0.4, -0.2) is 47.4 Å². The molecule has 0 bridgehead atoms. The third-order valence-electron chi connectivity index (χ3n) is 5.60. The topological polar surface area (TPSA) is 95.9 Å². The van der Waals surface area contributed by atoms with Gasteiger partial charge in [-0.2, -0.15) is 0 Å². The van der Waals surface area contributed by atoms with Gasteiger partial charge in [0.15, 0.2) is 0 Å². The van der Waals surface area contributed by atoms with Crippen LogP contribution in [-0.2, 0) is 18.7 Å². The van der Waals surface area contributed by atoms with Crippen molar-refractivity contribution >= 4 is 14.3 Å². The van der Waals surface area contributed by atoms with Crippen LogP contribution in [0.15, 0.2) is 72.8 Å². The van der Waals surface area contributed by atoms with E-state index in [-0.39, 0.29) is 18.5 Å². The Labute approximate surface area is 232 Å². The minimum atomic E-state index is -4.47. The normalized spacial score (nSPS) is 16.1. The molecule has 0 saturated carbocycles. The summed E-state index contributed by atoms with van der Waals surface area (Å²) in [5, 5.41) is 0. The van der Waals surface area contributed by atoms with Gasteiger partial charge in [0.2, 0.25) is 0 Å². The van der Waals surface area contributed by atoms with E-state index < -0.39 is 19.9 Å².